The highest BCUT2D eigenvalue weighted by Gasteiger charge is 2.42. The number of hydrogen-bond acceptors (Lipinski definition) is 4. The van der Waals surface area contributed by atoms with Crippen molar-refractivity contribution < 1.29 is 18.0 Å². The Balaban J connectivity index is 1.59. The Hall–Kier alpha value is -2.42. The van der Waals surface area contributed by atoms with Crippen molar-refractivity contribution in [1.29, 1.82) is 0 Å². The summed E-state index contributed by atoms with van der Waals surface area (Å²) in [5.74, 6) is -1.61. The topological polar surface area (TPSA) is 85.8 Å². The van der Waals surface area contributed by atoms with E-state index in [2.05, 4.69) is 15.4 Å². The molecule has 1 unspecified atom stereocenters. The van der Waals surface area contributed by atoms with Gasteiger partial charge < -0.3 is 11.1 Å². The second-order valence-corrected chi connectivity index (χ2v) is 7.40. The first-order chi connectivity index (χ1) is 13.2. The number of alkyl halides is 3. The molecular formula is C19H24F3N5O. The number of amides is 1. The summed E-state index contributed by atoms with van der Waals surface area (Å²) >= 11 is 0. The lowest BCUT2D eigenvalue weighted by molar-refractivity contribution is -0.184. The summed E-state index contributed by atoms with van der Waals surface area (Å²) < 4.78 is 40.1. The molecule has 0 radical (unpaired) electrons. The van der Waals surface area contributed by atoms with E-state index in [1.165, 1.54) is 0 Å². The Kier molecular flexibility index (Phi) is 5.74. The van der Waals surface area contributed by atoms with Crippen LogP contribution in [0.4, 0.5) is 19.0 Å². The number of rotatable bonds is 4. The van der Waals surface area contributed by atoms with Crippen molar-refractivity contribution in [1.82, 2.24) is 14.8 Å². The third kappa shape index (κ3) is 4.35. The summed E-state index contributed by atoms with van der Waals surface area (Å²) in [5.41, 5.74) is 8.82. The van der Waals surface area contributed by atoms with Crippen molar-refractivity contribution in [2.24, 2.45) is 24.6 Å². The van der Waals surface area contributed by atoms with Gasteiger partial charge in [-0.1, -0.05) is 0 Å². The molecule has 3 rings (SSSR count). The van der Waals surface area contributed by atoms with E-state index in [4.69, 9.17) is 5.73 Å². The number of halogens is 3. The van der Waals surface area contributed by atoms with E-state index < -0.39 is 24.0 Å². The molecule has 0 saturated heterocycles. The van der Waals surface area contributed by atoms with Crippen molar-refractivity contribution >= 4 is 11.7 Å². The number of nitrogens with two attached hydrogens (primary N) is 1. The van der Waals surface area contributed by atoms with E-state index >= 15 is 0 Å². The summed E-state index contributed by atoms with van der Waals surface area (Å²) in [4.78, 5) is 16.7. The molecule has 1 aliphatic carbocycles. The summed E-state index contributed by atoms with van der Waals surface area (Å²) in [6, 6.07) is 2.65. The molecule has 28 heavy (non-hydrogen) atoms. The van der Waals surface area contributed by atoms with Gasteiger partial charge in [0, 0.05) is 18.8 Å². The fourth-order valence-electron chi connectivity index (χ4n) is 3.80. The average Bonchev–Trinajstić information content (AvgIpc) is 2.99. The number of aryl methyl sites for hydroxylation is 2. The van der Waals surface area contributed by atoms with E-state index in [0.29, 0.717) is 18.7 Å². The van der Waals surface area contributed by atoms with Gasteiger partial charge in [0.2, 0.25) is 5.91 Å². The van der Waals surface area contributed by atoms with Gasteiger partial charge in [0.1, 0.15) is 5.82 Å². The van der Waals surface area contributed by atoms with Crippen molar-refractivity contribution in [3.63, 3.8) is 0 Å². The molecule has 0 bridgehead atoms. The number of hydrogen-bond donors (Lipinski definition) is 2. The molecule has 6 nitrogen and oxygen atoms in total. The van der Waals surface area contributed by atoms with Crippen LogP contribution in [0, 0.1) is 18.8 Å². The third-order valence-electron chi connectivity index (χ3n) is 5.46. The number of aromatic nitrogens is 3. The van der Waals surface area contributed by atoms with Gasteiger partial charge in [0.05, 0.1) is 23.9 Å². The van der Waals surface area contributed by atoms with Crippen LogP contribution in [0.3, 0.4) is 0 Å². The zero-order chi connectivity index (χ0) is 20.5. The van der Waals surface area contributed by atoms with Gasteiger partial charge >= 0.3 is 6.18 Å². The first kappa shape index (κ1) is 20.3. The molecule has 1 fully saturated rings. The van der Waals surface area contributed by atoms with Crippen molar-refractivity contribution in [3.8, 4) is 11.3 Å². The smallest absolute Gasteiger partial charge is 0.320 e. The van der Waals surface area contributed by atoms with Crippen LogP contribution in [0.15, 0.2) is 24.5 Å². The van der Waals surface area contributed by atoms with Crippen LogP contribution in [0.2, 0.25) is 0 Å². The molecule has 2 heterocycles. The molecule has 2 aromatic rings. The van der Waals surface area contributed by atoms with Gasteiger partial charge in [-0.3, -0.25) is 9.48 Å². The lowest BCUT2D eigenvalue weighted by Crippen LogP contribution is -2.44. The molecule has 1 atom stereocenters. The second kappa shape index (κ2) is 7.90. The zero-order valence-electron chi connectivity index (χ0n) is 15.8. The normalized spacial score (nSPS) is 21.4. The predicted molar refractivity (Wildman–Crippen MR) is 99.3 cm³/mol. The highest BCUT2D eigenvalue weighted by Crippen LogP contribution is 2.40. The van der Waals surface area contributed by atoms with Crippen LogP contribution in [0.25, 0.3) is 11.3 Å². The minimum atomic E-state index is -4.17. The van der Waals surface area contributed by atoms with E-state index in [-0.39, 0.29) is 18.8 Å². The Morgan fingerprint density at radius 3 is 2.43 bits per heavy atom. The molecule has 0 aromatic carbocycles. The summed E-state index contributed by atoms with van der Waals surface area (Å²) in [5, 5.41) is 6.85. The van der Waals surface area contributed by atoms with E-state index in [9.17, 15) is 18.0 Å². The number of carbonyl (C=O) groups excluding carboxylic acids is 1. The lowest BCUT2D eigenvalue weighted by Gasteiger charge is -2.32. The average molecular weight is 395 g/mol. The molecule has 152 valence electrons. The number of pyridine rings is 1. The molecule has 0 spiro atoms. The van der Waals surface area contributed by atoms with Gasteiger partial charge in [-0.2, -0.15) is 18.3 Å². The Bertz CT molecular complexity index is 804. The van der Waals surface area contributed by atoms with Crippen LogP contribution < -0.4 is 11.1 Å². The van der Waals surface area contributed by atoms with Crippen molar-refractivity contribution in [2.45, 2.75) is 44.8 Å². The standard InChI is InChI=1S/C19H24F3N5O/c1-11-9-25-27(2)17(11)13-5-8-15(24-10-13)26-18(28)16(23)12-3-6-14(7-4-12)19(20,21)22/h5,8-10,12,14,16H,3-4,6-7,23H2,1-2H3,(H,24,26,28)/t12-,14-,16?. The SMILES string of the molecule is Cc1cnn(C)c1-c1ccc(NC(=O)C(N)[C@H]2CC[C@H](C(F)(F)F)CC2)nc1. The van der Waals surface area contributed by atoms with Crippen LogP contribution in [-0.2, 0) is 11.8 Å². The fraction of sp³-hybridized carbons (Fsp3) is 0.526. The van der Waals surface area contributed by atoms with Crippen molar-refractivity contribution in [3.05, 3.63) is 30.1 Å². The molecule has 1 aliphatic rings. The van der Waals surface area contributed by atoms with Gasteiger partial charge in [-0.15, -0.1) is 0 Å². The second-order valence-electron chi connectivity index (χ2n) is 7.40. The fourth-order valence-corrected chi connectivity index (χ4v) is 3.80. The highest BCUT2D eigenvalue weighted by molar-refractivity contribution is 5.94. The molecule has 0 aliphatic heterocycles. The Morgan fingerprint density at radius 1 is 1.25 bits per heavy atom. The van der Waals surface area contributed by atoms with E-state index in [1.807, 2.05) is 20.0 Å². The third-order valence-corrected chi connectivity index (χ3v) is 5.46. The Labute approximate surface area is 161 Å². The van der Waals surface area contributed by atoms with E-state index in [0.717, 1.165) is 16.8 Å². The number of anilines is 1. The highest BCUT2D eigenvalue weighted by atomic mass is 19.4. The molecular weight excluding hydrogens is 371 g/mol. The first-order valence-corrected chi connectivity index (χ1v) is 9.25. The predicted octanol–water partition coefficient (Wildman–Crippen LogP) is 3.43. The molecule has 3 N–H and O–H groups in total. The van der Waals surface area contributed by atoms with Gasteiger partial charge in [0.25, 0.3) is 0 Å². The van der Waals surface area contributed by atoms with Gasteiger partial charge in [-0.25, -0.2) is 4.98 Å². The van der Waals surface area contributed by atoms with Crippen LogP contribution in [-0.4, -0.2) is 32.9 Å². The van der Waals surface area contributed by atoms with Gasteiger partial charge in [0.15, 0.2) is 0 Å². The van der Waals surface area contributed by atoms with Crippen LogP contribution in [0.5, 0.6) is 0 Å². The summed E-state index contributed by atoms with van der Waals surface area (Å²) in [7, 11) is 1.84. The van der Waals surface area contributed by atoms with E-state index in [1.54, 1.807) is 23.1 Å². The van der Waals surface area contributed by atoms with Crippen molar-refractivity contribution in [2.75, 3.05) is 5.32 Å². The number of nitrogens with one attached hydrogen (secondary N) is 1. The maximum absolute atomic E-state index is 12.8. The lowest BCUT2D eigenvalue weighted by atomic mass is 9.78. The maximum atomic E-state index is 12.8. The molecule has 1 amide bonds. The quantitative estimate of drug-likeness (QED) is 0.831. The maximum Gasteiger partial charge on any atom is 0.391 e. The molecule has 9 heteroatoms. The number of carbonyl (C=O) groups is 1. The van der Waals surface area contributed by atoms with Crippen LogP contribution in [0.1, 0.15) is 31.2 Å². The number of nitrogens with zero attached hydrogens (tertiary/aromatic N) is 3. The minimum absolute atomic E-state index is 0.0200. The minimum Gasteiger partial charge on any atom is -0.320 e. The largest absolute Gasteiger partial charge is 0.391 e. The zero-order valence-corrected chi connectivity index (χ0v) is 15.8. The van der Waals surface area contributed by atoms with Gasteiger partial charge in [-0.05, 0) is 56.2 Å². The summed E-state index contributed by atoms with van der Waals surface area (Å²) in [6.45, 7) is 1.95. The first-order valence-electron chi connectivity index (χ1n) is 9.25. The summed E-state index contributed by atoms with van der Waals surface area (Å²) in [6.07, 6.45) is -0.138. The Morgan fingerprint density at radius 2 is 1.93 bits per heavy atom. The molecule has 1 saturated carbocycles. The molecule has 2 aromatic heterocycles. The van der Waals surface area contributed by atoms with Crippen LogP contribution >= 0.6 is 0 Å². The monoisotopic (exact) mass is 395 g/mol.